The Balaban J connectivity index is 1.97. The molecule has 0 saturated carbocycles. The lowest BCUT2D eigenvalue weighted by molar-refractivity contribution is -0.152. The van der Waals surface area contributed by atoms with Crippen LogP contribution < -0.4 is 0 Å². The van der Waals surface area contributed by atoms with Gasteiger partial charge in [-0.15, -0.1) is 0 Å². The van der Waals surface area contributed by atoms with Gasteiger partial charge in [0, 0.05) is 31.3 Å². The van der Waals surface area contributed by atoms with Crippen LogP contribution in [-0.4, -0.2) is 36.4 Å². The zero-order valence-electron chi connectivity index (χ0n) is 9.38. The number of nitrogens with zero attached hydrogens (tertiary/aromatic N) is 2. The Bertz CT molecular complexity index is 439. The number of esters is 1. The smallest absolute Gasteiger partial charge is 0.336 e. The van der Waals surface area contributed by atoms with Crippen LogP contribution in [0.25, 0.3) is 0 Å². The van der Waals surface area contributed by atoms with Crippen LogP contribution in [0.2, 0.25) is 0 Å². The van der Waals surface area contributed by atoms with Crippen molar-refractivity contribution >= 4 is 18.6 Å². The minimum Gasteiger partial charge on any atom is -0.458 e. The van der Waals surface area contributed by atoms with Gasteiger partial charge in [0.05, 0.1) is 11.8 Å². The summed E-state index contributed by atoms with van der Waals surface area (Å²) in [4.78, 5) is 22.6. The van der Waals surface area contributed by atoms with Gasteiger partial charge in [-0.2, -0.15) is 5.10 Å². The molecule has 1 atom stereocenters. The minimum atomic E-state index is -0.742. The van der Waals surface area contributed by atoms with Crippen molar-refractivity contribution in [3.05, 3.63) is 23.5 Å². The highest BCUT2D eigenvalue weighted by molar-refractivity contribution is 5.95. The largest absolute Gasteiger partial charge is 0.458 e. The molecule has 0 aliphatic carbocycles. The second-order valence-corrected chi connectivity index (χ2v) is 3.72. The number of hydrogen-bond acceptors (Lipinski definition) is 5. The lowest BCUT2D eigenvalue weighted by Crippen LogP contribution is -2.18. The average molecular weight is 236 g/mol. The molecular weight excluding hydrogens is 224 g/mol. The number of ether oxygens (including phenoxy) is 2. The van der Waals surface area contributed by atoms with E-state index in [4.69, 9.17) is 9.47 Å². The summed E-state index contributed by atoms with van der Waals surface area (Å²) in [6, 6.07) is 0. The Morgan fingerprint density at radius 3 is 2.94 bits per heavy atom. The zero-order chi connectivity index (χ0) is 12.4. The first kappa shape index (κ1) is 11.4. The maximum absolute atomic E-state index is 11.6. The van der Waals surface area contributed by atoms with E-state index in [1.54, 1.807) is 13.0 Å². The molecule has 0 spiro atoms. The highest BCUT2D eigenvalue weighted by Crippen LogP contribution is 2.19. The van der Waals surface area contributed by atoms with Crippen LogP contribution in [0.4, 0.5) is 0 Å². The van der Waals surface area contributed by atoms with Crippen LogP contribution in [0.15, 0.2) is 28.6 Å². The predicted molar refractivity (Wildman–Crippen MR) is 58.7 cm³/mol. The molecule has 90 valence electrons. The summed E-state index contributed by atoms with van der Waals surface area (Å²) in [5.74, 6) is -0.634. The summed E-state index contributed by atoms with van der Waals surface area (Å²) in [7, 11) is 0. The third kappa shape index (κ3) is 2.20. The SMILES string of the molecule is C=NN1CCC(=COC2C=C(C)C(=O)O2)C1=O. The van der Waals surface area contributed by atoms with Gasteiger partial charge in [-0.05, 0) is 6.92 Å². The molecule has 0 aromatic rings. The number of amides is 1. The topological polar surface area (TPSA) is 68.2 Å². The summed E-state index contributed by atoms with van der Waals surface area (Å²) in [6.45, 7) is 5.43. The molecule has 1 unspecified atom stereocenters. The second-order valence-electron chi connectivity index (χ2n) is 3.72. The molecular formula is C11H12N2O4. The van der Waals surface area contributed by atoms with Crippen LogP contribution in [0.3, 0.4) is 0 Å². The van der Waals surface area contributed by atoms with E-state index in [0.717, 1.165) is 0 Å². The Kier molecular flexibility index (Phi) is 2.95. The molecule has 0 aromatic heterocycles. The van der Waals surface area contributed by atoms with Crippen LogP contribution in [-0.2, 0) is 19.1 Å². The van der Waals surface area contributed by atoms with E-state index in [2.05, 4.69) is 11.8 Å². The van der Waals surface area contributed by atoms with Gasteiger partial charge in [0.1, 0.15) is 0 Å². The lowest BCUT2D eigenvalue weighted by Gasteiger charge is -2.08. The fourth-order valence-electron chi connectivity index (χ4n) is 1.57. The van der Waals surface area contributed by atoms with Crippen molar-refractivity contribution in [3.8, 4) is 0 Å². The first-order chi connectivity index (χ1) is 8.11. The van der Waals surface area contributed by atoms with Crippen molar-refractivity contribution in [2.75, 3.05) is 6.54 Å². The van der Waals surface area contributed by atoms with Crippen molar-refractivity contribution in [3.63, 3.8) is 0 Å². The van der Waals surface area contributed by atoms with Gasteiger partial charge < -0.3 is 9.47 Å². The van der Waals surface area contributed by atoms with Gasteiger partial charge in [0.15, 0.2) is 0 Å². The molecule has 6 nitrogen and oxygen atoms in total. The number of carbonyl (C=O) groups excluding carboxylic acids is 2. The molecule has 2 aliphatic heterocycles. The fourth-order valence-corrected chi connectivity index (χ4v) is 1.57. The van der Waals surface area contributed by atoms with E-state index in [1.165, 1.54) is 11.3 Å². The van der Waals surface area contributed by atoms with Crippen molar-refractivity contribution < 1.29 is 19.1 Å². The molecule has 0 radical (unpaired) electrons. The summed E-state index contributed by atoms with van der Waals surface area (Å²) >= 11 is 0. The molecule has 2 rings (SSSR count). The fraction of sp³-hybridized carbons (Fsp3) is 0.364. The molecule has 0 aromatic carbocycles. The van der Waals surface area contributed by atoms with Crippen molar-refractivity contribution in [1.82, 2.24) is 5.01 Å². The highest BCUT2D eigenvalue weighted by Gasteiger charge is 2.27. The molecule has 1 amide bonds. The Morgan fingerprint density at radius 2 is 2.41 bits per heavy atom. The van der Waals surface area contributed by atoms with E-state index in [0.29, 0.717) is 24.1 Å². The molecule has 1 fully saturated rings. The van der Waals surface area contributed by atoms with Crippen molar-refractivity contribution in [2.45, 2.75) is 19.6 Å². The summed E-state index contributed by atoms with van der Waals surface area (Å²) in [6.07, 6.45) is 2.68. The van der Waals surface area contributed by atoms with Gasteiger partial charge in [-0.25, -0.2) is 9.80 Å². The van der Waals surface area contributed by atoms with Gasteiger partial charge in [-0.3, -0.25) is 4.79 Å². The maximum atomic E-state index is 11.6. The number of hydrazone groups is 1. The van der Waals surface area contributed by atoms with Crippen LogP contribution in [0, 0.1) is 0 Å². The van der Waals surface area contributed by atoms with Crippen molar-refractivity contribution in [2.24, 2.45) is 5.10 Å². The molecule has 2 heterocycles. The van der Waals surface area contributed by atoms with Gasteiger partial charge in [-0.1, -0.05) is 0 Å². The average Bonchev–Trinajstić information content (AvgIpc) is 2.81. The number of rotatable bonds is 3. The summed E-state index contributed by atoms with van der Waals surface area (Å²) in [5.41, 5.74) is 0.993. The monoisotopic (exact) mass is 236 g/mol. The van der Waals surface area contributed by atoms with Crippen LogP contribution >= 0.6 is 0 Å². The van der Waals surface area contributed by atoms with Gasteiger partial charge in [0.25, 0.3) is 12.2 Å². The van der Waals surface area contributed by atoms with Crippen LogP contribution in [0.1, 0.15) is 13.3 Å². The quantitative estimate of drug-likeness (QED) is 0.311. The zero-order valence-corrected chi connectivity index (χ0v) is 9.38. The molecule has 0 bridgehead atoms. The normalized spacial score (nSPS) is 26.2. The molecule has 6 heteroatoms. The van der Waals surface area contributed by atoms with Crippen molar-refractivity contribution in [1.29, 1.82) is 0 Å². The highest BCUT2D eigenvalue weighted by atomic mass is 16.7. The van der Waals surface area contributed by atoms with E-state index >= 15 is 0 Å². The molecule has 0 N–H and O–H groups in total. The molecule has 1 saturated heterocycles. The van der Waals surface area contributed by atoms with Crippen LogP contribution in [0.5, 0.6) is 0 Å². The number of hydrogen-bond donors (Lipinski definition) is 0. The first-order valence-corrected chi connectivity index (χ1v) is 5.14. The summed E-state index contributed by atoms with van der Waals surface area (Å²) < 4.78 is 10.1. The maximum Gasteiger partial charge on any atom is 0.336 e. The predicted octanol–water partition coefficient (Wildman–Crippen LogP) is 0.564. The third-order valence-electron chi connectivity index (χ3n) is 2.55. The van der Waals surface area contributed by atoms with E-state index in [1.807, 2.05) is 0 Å². The van der Waals surface area contributed by atoms with Gasteiger partial charge in [0.2, 0.25) is 0 Å². The molecule has 17 heavy (non-hydrogen) atoms. The standard InChI is InChI=1S/C11H12N2O4/c1-7-5-9(17-11(7)15)16-6-8-3-4-13(12-2)10(8)14/h5-6,9H,2-4H2,1H3. The Hall–Kier alpha value is -2.11. The van der Waals surface area contributed by atoms with E-state index in [9.17, 15) is 9.59 Å². The molecule has 2 aliphatic rings. The number of carbonyl (C=O) groups is 2. The second kappa shape index (κ2) is 4.40. The first-order valence-electron chi connectivity index (χ1n) is 5.14. The third-order valence-corrected chi connectivity index (χ3v) is 2.55. The van der Waals surface area contributed by atoms with E-state index < -0.39 is 12.3 Å². The van der Waals surface area contributed by atoms with Gasteiger partial charge >= 0.3 is 5.97 Å². The van der Waals surface area contributed by atoms with E-state index in [-0.39, 0.29) is 5.91 Å². The Labute approximate surface area is 98.2 Å². The lowest BCUT2D eigenvalue weighted by atomic mass is 10.2. The number of cyclic esters (lactones) is 1. The minimum absolute atomic E-state index is 0.231. The summed E-state index contributed by atoms with van der Waals surface area (Å²) in [5, 5.41) is 4.82. The Morgan fingerprint density at radius 1 is 1.65 bits per heavy atom.